The number of carbonyl (C=O) groups excluding carboxylic acids is 2. The van der Waals surface area contributed by atoms with Gasteiger partial charge in [0.2, 0.25) is 5.91 Å². The Morgan fingerprint density at radius 3 is 2.39 bits per heavy atom. The van der Waals surface area contributed by atoms with Gasteiger partial charge in [0.15, 0.2) is 0 Å². The topological polar surface area (TPSA) is 58.2 Å². The molecule has 0 aliphatic carbocycles. The smallest absolute Gasteiger partial charge is 0.251 e. The molecule has 0 atom stereocenters. The van der Waals surface area contributed by atoms with E-state index in [4.69, 9.17) is 0 Å². The van der Waals surface area contributed by atoms with Crippen molar-refractivity contribution in [2.75, 3.05) is 12.4 Å². The normalized spacial score (nSPS) is 10.6. The number of amides is 2. The molecule has 0 radical (unpaired) electrons. The van der Waals surface area contributed by atoms with Gasteiger partial charge in [0.25, 0.3) is 5.91 Å². The highest BCUT2D eigenvalue weighted by atomic mass is 19.1. The Hall–Kier alpha value is -2.95. The van der Waals surface area contributed by atoms with Gasteiger partial charge >= 0.3 is 0 Å². The van der Waals surface area contributed by atoms with Crippen LogP contribution < -0.4 is 10.6 Å². The number of aryl methyl sites for hydroxylation is 1. The molecule has 2 N–H and O–H groups in total. The molecule has 5 heteroatoms. The standard InChI is InChI=1S/C18H17FN2O2/c1-12-11-15(19)8-9-16(12)21-17(22)10-5-13-3-6-14(7-4-13)18(23)20-2/h3-11H,1-2H3,(H,20,23)(H,21,22)/b10-5+. The second-order valence-electron chi connectivity index (χ2n) is 4.98. The third-order valence-corrected chi connectivity index (χ3v) is 3.27. The van der Waals surface area contributed by atoms with E-state index in [0.717, 1.165) is 5.56 Å². The van der Waals surface area contributed by atoms with Crippen LogP contribution in [0.5, 0.6) is 0 Å². The first-order chi connectivity index (χ1) is 11.0. The predicted octanol–water partition coefficient (Wildman–Crippen LogP) is 3.15. The first-order valence-electron chi connectivity index (χ1n) is 7.07. The summed E-state index contributed by atoms with van der Waals surface area (Å²) in [5.74, 6) is -0.813. The van der Waals surface area contributed by atoms with E-state index in [-0.39, 0.29) is 17.6 Å². The minimum absolute atomic E-state index is 0.162. The van der Waals surface area contributed by atoms with Crippen LogP contribution in [0.15, 0.2) is 48.5 Å². The molecule has 0 saturated carbocycles. The number of anilines is 1. The van der Waals surface area contributed by atoms with Gasteiger partial charge in [0.1, 0.15) is 5.82 Å². The highest BCUT2D eigenvalue weighted by Gasteiger charge is 2.03. The average molecular weight is 312 g/mol. The number of nitrogens with one attached hydrogen (secondary N) is 2. The molecule has 0 heterocycles. The van der Waals surface area contributed by atoms with Crippen LogP contribution in [-0.2, 0) is 4.79 Å². The molecule has 2 aromatic rings. The first-order valence-corrected chi connectivity index (χ1v) is 7.07. The highest BCUT2D eigenvalue weighted by Crippen LogP contribution is 2.15. The molecule has 0 bridgehead atoms. The Balaban J connectivity index is 2.02. The molecular formula is C18H17FN2O2. The molecule has 23 heavy (non-hydrogen) atoms. The second kappa shape index (κ2) is 7.35. The van der Waals surface area contributed by atoms with Crippen molar-refractivity contribution in [1.29, 1.82) is 0 Å². The van der Waals surface area contributed by atoms with Crippen LogP contribution in [-0.4, -0.2) is 18.9 Å². The van der Waals surface area contributed by atoms with Crippen molar-refractivity contribution in [3.05, 3.63) is 71.0 Å². The van der Waals surface area contributed by atoms with E-state index in [0.29, 0.717) is 16.8 Å². The largest absolute Gasteiger partial charge is 0.355 e. The van der Waals surface area contributed by atoms with Crippen LogP contribution in [0.4, 0.5) is 10.1 Å². The maximum Gasteiger partial charge on any atom is 0.251 e. The number of hydrogen-bond donors (Lipinski definition) is 2. The molecule has 2 rings (SSSR count). The Labute approximate surface area is 134 Å². The molecule has 118 valence electrons. The van der Waals surface area contributed by atoms with E-state index in [9.17, 15) is 14.0 Å². The van der Waals surface area contributed by atoms with Gasteiger partial charge in [-0.3, -0.25) is 9.59 Å². The Bertz CT molecular complexity index is 752. The molecule has 0 aliphatic rings. The van der Waals surface area contributed by atoms with Gasteiger partial charge in [-0.1, -0.05) is 12.1 Å². The van der Waals surface area contributed by atoms with Gasteiger partial charge in [-0.2, -0.15) is 0 Å². The van der Waals surface area contributed by atoms with E-state index in [1.807, 2.05) is 0 Å². The number of halogens is 1. The number of hydrogen-bond acceptors (Lipinski definition) is 2. The fourth-order valence-corrected chi connectivity index (χ4v) is 2.00. The van der Waals surface area contributed by atoms with E-state index in [1.54, 1.807) is 44.3 Å². The Morgan fingerprint density at radius 1 is 1.09 bits per heavy atom. The summed E-state index contributed by atoms with van der Waals surface area (Å²) in [6.45, 7) is 1.72. The van der Waals surface area contributed by atoms with E-state index < -0.39 is 0 Å². The molecule has 0 aliphatic heterocycles. The maximum absolute atomic E-state index is 13.0. The van der Waals surface area contributed by atoms with Crippen molar-refractivity contribution >= 4 is 23.6 Å². The third kappa shape index (κ3) is 4.51. The fourth-order valence-electron chi connectivity index (χ4n) is 2.00. The zero-order valence-electron chi connectivity index (χ0n) is 12.9. The molecule has 0 unspecified atom stereocenters. The van der Waals surface area contributed by atoms with E-state index in [2.05, 4.69) is 10.6 Å². The minimum Gasteiger partial charge on any atom is -0.355 e. The monoisotopic (exact) mass is 312 g/mol. The fraction of sp³-hybridized carbons (Fsp3) is 0.111. The number of carbonyl (C=O) groups is 2. The SMILES string of the molecule is CNC(=O)c1ccc(/C=C/C(=O)Nc2ccc(F)cc2C)cc1. The Kier molecular flexibility index (Phi) is 5.25. The summed E-state index contributed by atoms with van der Waals surface area (Å²) in [6.07, 6.45) is 3.03. The summed E-state index contributed by atoms with van der Waals surface area (Å²) in [5.41, 5.74) is 2.57. The van der Waals surface area contributed by atoms with Crippen molar-refractivity contribution in [3.63, 3.8) is 0 Å². The summed E-state index contributed by atoms with van der Waals surface area (Å²) < 4.78 is 13.0. The van der Waals surface area contributed by atoms with Crippen LogP contribution in [0.25, 0.3) is 6.08 Å². The molecule has 0 spiro atoms. The lowest BCUT2D eigenvalue weighted by molar-refractivity contribution is -0.111. The van der Waals surface area contributed by atoms with Crippen LogP contribution in [0.3, 0.4) is 0 Å². The molecule has 0 saturated heterocycles. The lowest BCUT2D eigenvalue weighted by Crippen LogP contribution is -2.17. The zero-order chi connectivity index (χ0) is 16.8. The summed E-state index contributed by atoms with van der Waals surface area (Å²) in [7, 11) is 1.57. The molecular weight excluding hydrogens is 295 g/mol. The van der Waals surface area contributed by atoms with Crippen molar-refractivity contribution in [3.8, 4) is 0 Å². The molecule has 0 aromatic heterocycles. The lowest BCUT2D eigenvalue weighted by atomic mass is 10.1. The quantitative estimate of drug-likeness (QED) is 0.852. The van der Waals surface area contributed by atoms with Crippen molar-refractivity contribution in [2.24, 2.45) is 0 Å². The zero-order valence-corrected chi connectivity index (χ0v) is 12.9. The third-order valence-electron chi connectivity index (χ3n) is 3.27. The molecule has 2 aromatic carbocycles. The van der Waals surface area contributed by atoms with Crippen molar-refractivity contribution < 1.29 is 14.0 Å². The molecule has 2 amide bonds. The van der Waals surface area contributed by atoms with Crippen molar-refractivity contribution in [2.45, 2.75) is 6.92 Å². The van der Waals surface area contributed by atoms with Crippen LogP contribution >= 0.6 is 0 Å². The predicted molar refractivity (Wildman–Crippen MR) is 88.6 cm³/mol. The summed E-state index contributed by atoms with van der Waals surface area (Å²) in [6, 6.07) is 11.0. The first kappa shape index (κ1) is 16.4. The van der Waals surface area contributed by atoms with Crippen LogP contribution in [0.1, 0.15) is 21.5 Å². The van der Waals surface area contributed by atoms with Gasteiger partial charge < -0.3 is 10.6 Å². The summed E-state index contributed by atoms with van der Waals surface area (Å²) in [4.78, 5) is 23.3. The van der Waals surface area contributed by atoms with E-state index >= 15 is 0 Å². The maximum atomic E-state index is 13.0. The number of benzene rings is 2. The minimum atomic E-state index is -0.341. The van der Waals surface area contributed by atoms with Crippen molar-refractivity contribution in [1.82, 2.24) is 5.32 Å². The summed E-state index contributed by atoms with van der Waals surface area (Å²) in [5, 5.41) is 5.23. The van der Waals surface area contributed by atoms with Gasteiger partial charge in [0, 0.05) is 24.4 Å². The van der Waals surface area contributed by atoms with Gasteiger partial charge in [0.05, 0.1) is 0 Å². The van der Waals surface area contributed by atoms with Gasteiger partial charge in [-0.25, -0.2) is 4.39 Å². The molecule has 0 fully saturated rings. The summed E-state index contributed by atoms with van der Waals surface area (Å²) >= 11 is 0. The highest BCUT2D eigenvalue weighted by molar-refractivity contribution is 6.02. The van der Waals surface area contributed by atoms with Gasteiger partial charge in [-0.05, 0) is 54.5 Å². The number of rotatable bonds is 4. The molecule has 4 nitrogen and oxygen atoms in total. The van der Waals surface area contributed by atoms with E-state index in [1.165, 1.54) is 24.3 Å². The van der Waals surface area contributed by atoms with Gasteiger partial charge in [-0.15, -0.1) is 0 Å². The Morgan fingerprint density at radius 2 is 1.78 bits per heavy atom. The lowest BCUT2D eigenvalue weighted by Gasteiger charge is -2.06. The second-order valence-corrected chi connectivity index (χ2v) is 4.98. The average Bonchev–Trinajstić information content (AvgIpc) is 2.55. The van der Waals surface area contributed by atoms with Crippen LogP contribution in [0.2, 0.25) is 0 Å². The van der Waals surface area contributed by atoms with Crippen LogP contribution in [0, 0.1) is 12.7 Å².